The lowest BCUT2D eigenvalue weighted by Crippen LogP contribution is -2.48. The van der Waals surface area contributed by atoms with Gasteiger partial charge in [0.2, 0.25) is 5.91 Å². The number of aliphatic hydroxyl groups excluding tert-OH is 2. The molecule has 1 fully saturated rings. The molecule has 0 radical (unpaired) electrons. The molecular formula is C39H51N3O6S. The first-order chi connectivity index (χ1) is 23.5. The standard InChI is InChI=1S/C39H51N3O6S/c1-39(2,3)48-38(46)40-33(24-27-9-5-4-6-10-27)34(43)26-30(37(45)41-36-32-12-8-7-11-29(32)25-35(36)44)23-28-13-15-31(16-14-28)47-20-17-42-18-21-49-22-19-42/h4-16,30,33-36,43-44H,17-26H2,1-3H3,(H,40,46)(H,41,45)/t30-,33+,34+,35-,36+/m1/s1. The molecule has 3 aromatic rings. The Morgan fingerprint density at radius 2 is 1.61 bits per heavy atom. The van der Waals surface area contributed by atoms with E-state index >= 15 is 0 Å². The number of hydrogen-bond donors (Lipinski definition) is 4. The van der Waals surface area contributed by atoms with Gasteiger partial charge >= 0.3 is 6.09 Å². The van der Waals surface area contributed by atoms with Gasteiger partial charge in [-0.05, 0) is 74.4 Å². The Balaban J connectivity index is 1.31. The summed E-state index contributed by atoms with van der Waals surface area (Å²) < 4.78 is 11.6. The molecular weight excluding hydrogens is 639 g/mol. The average Bonchev–Trinajstić information content (AvgIpc) is 3.39. The van der Waals surface area contributed by atoms with Gasteiger partial charge in [0.05, 0.1) is 24.3 Å². The van der Waals surface area contributed by atoms with Crippen LogP contribution in [0.3, 0.4) is 0 Å². The monoisotopic (exact) mass is 689 g/mol. The van der Waals surface area contributed by atoms with Crippen LogP contribution < -0.4 is 15.4 Å². The molecule has 264 valence electrons. The Labute approximate surface area is 294 Å². The van der Waals surface area contributed by atoms with E-state index in [0.29, 0.717) is 25.9 Å². The van der Waals surface area contributed by atoms with Crippen LogP contribution in [0, 0.1) is 5.92 Å². The molecule has 2 aliphatic rings. The number of nitrogens with zero attached hydrogens (tertiary/aromatic N) is 1. The summed E-state index contributed by atoms with van der Waals surface area (Å²) in [4.78, 5) is 29.4. The molecule has 1 aliphatic heterocycles. The van der Waals surface area contributed by atoms with Crippen molar-refractivity contribution >= 4 is 23.8 Å². The zero-order valence-electron chi connectivity index (χ0n) is 28.8. The van der Waals surface area contributed by atoms with Crippen molar-refractivity contribution in [3.05, 3.63) is 101 Å². The van der Waals surface area contributed by atoms with Crippen LogP contribution in [0.1, 0.15) is 55.5 Å². The summed E-state index contributed by atoms with van der Waals surface area (Å²) >= 11 is 1.99. The third kappa shape index (κ3) is 11.2. The molecule has 10 heteroatoms. The van der Waals surface area contributed by atoms with Gasteiger partial charge in [0.25, 0.3) is 0 Å². The fourth-order valence-electron chi connectivity index (χ4n) is 6.49. The molecule has 1 saturated heterocycles. The maximum Gasteiger partial charge on any atom is 0.407 e. The second-order valence-electron chi connectivity index (χ2n) is 14.0. The van der Waals surface area contributed by atoms with Crippen molar-refractivity contribution in [2.75, 3.05) is 37.7 Å². The van der Waals surface area contributed by atoms with Crippen molar-refractivity contribution in [3.63, 3.8) is 0 Å². The lowest BCUT2D eigenvalue weighted by atomic mass is 9.88. The molecule has 2 amide bonds. The second kappa shape index (κ2) is 17.4. The number of carbonyl (C=O) groups excluding carboxylic acids is 2. The van der Waals surface area contributed by atoms with E-state index < -0.39 is 41.9 Å². The highest BCUT2D eigenvalue weighted by Gasteiger charge is 2.35. The minimum Gasteiger partial charge on any atom is -0.492 e. The maximum atomic E-state index is 14.1. The molecule has 5 rings (SSSR count). The largest absolute Gasteiger partial charge is 0.492 e. The molecule has 0 unspecified atom stereocenters. The molecule has 1 heterocycles. The van der Waals surface area contributed by atoms with Crippen LogP contribution in [0.4, 0.5) is 4.79 Å². The number of rotatable bonds is 14. The van der Waals surface area contributed by atoms with Crippen molar-refractivity contribution in [2.24, 2.45) is 5.92 Å². The van der Waals surface area contributed by atoms with Crippen LogP contribution in [0.2, 0.25) is 0 Å². The summed E-state index contributed by atoms with van der Waals surface area (Å²) in [5.74, 6) is 2.17. The molecule has 1 aliphatic carbocycles. The molecule has 4 N–H and O–H groups in total. The van der Waals surface area contributed by atoms with Gasteiger partial charge in [0, 0.05) is 43.5 Å². The zero-order chi connectivity index (χ0) is 34.8. The summed E-state index contributed by atoms with van der Waals surface area (Å²) in [7, 11) is 0. The highest BCUT2D eigenvalue weighted by molar-refractivity contribution is 7.99. The highest BCUT2D eigenvalue weighted by Crippen LogP contribution is 2.32. The number of hydrogen-bond acceptors (Lipinski definition) is 8. The van der Waals surface area contributed by atoms with Gasteiger partial charge in [-0.1, -0.05) is 66.7 Å². The number of ether oxygens (including phenoxy) is 2. The number of alkyl carbamates (subject to hydrolysis) is 1. The van der Waals surface area contributed by atoms with Gasteiger partial charge < -0.3 is 30.3 Å². The van der Waals surface area contributed by atoms with Crippen molar-refractivity contribution in [1.29, 1.82) is 0 Å². The van der Waals surface area contributed by atoms with Crippen LogP contribution in [0.25, 0.3) is 0 Å². The first kappa shape index (κ1) is 36.7. The lowest BCUT2D eigenvalue weighted by molar-refractivity contribution is -0.127. The number of aliphatic hydroxyl groups is 2. The molecule has 0 aromatic heterocycles. The SMILES string of the molecule is CC(C)(C)OC(=O)N[C@@H](Cc1ccccc1)[C@@H](O)C[C@@H](Cc1ccc(OCCN2CCSCC2)cc1)C(=O)N[C@H]1c2ccccc2C[C@H]1O. The molecule has 49 heavy (non-hydrogen) atoms. The number of amides is 2. The first-order valence-electron chi connectivity index (χ1n) is 17.3. The Kier molecular flexibility index (Phi) is 13.0. The maximum absolute atomic E-state index is 14.1. The summed E-state index contributed by atoms with van der Waals surface area (Å²) in [6.07, 6.45) is -1.20. The van der Waals surface area contributed by atoms with Crippen LogP contribution in [0.15, 0.2) is 78.9 Å². The van der Waals surface area contributed by atoms with Crippen LogP contribution in [0.5, 0.6) is 5.75 Å². The van der Waals surface area contributed by atoms with Gasteiger partial charge in [-0.3, -0.25) is 9.69 Å². The van der Waals surface area contributed by atoms with E-state index in [2.05, 4.69) is 15.5 Å². The molecule has 5 atom stereocenters. The number of nitrogens with one attached hydrogen (secondary N) is 2. The number of thioether (sulfide) groups is 1. The van der Waals surface area contributed by atoms with Crippen molar-refractivity contribution in [3.8, 4) is 5.75 Å². The minimum absolute atomic E-state index is 0.0793. The van der Waals surface area contributed by atoms with Crippen LogP contribution in [-0.2, 0) is 28.8 Å². The van der Waals surface area contributed by atoms with E-state index in [1.54, 1.807) is 20.8 Å². The van der Waals surface area contributed by atoms with E-state index in [-0.39, 0.29) is 12.3 Å². The highest BCUT2D eigenvalue weighted by atomic mass is 32.2. The summed E-state index contributed by atoms with van der Waals surface area (Å²) in [5, 5.41) is 28.6. The molecule has 0 saturated carbocycles. The van der Waals surface area contributed by atoms with Gasteiger partial charge in [-0.25, -0.2) is 4.79 Å². The van der Waals surface area contributed by atoms with Gasteiger partial charge in [0.1, 0.15) is 18.0 Å². The van der Waals surface area contributed by atoms with Crippen LogP contribution in [-0.4, -0.2) is 88.7 Å². The van der Waals surface area contributed by atoms with E-state index in [4.69, 9.17) is 9.47 Å². The predicted molar refractivity (Wildman–Crippen MR) is 194 cm³/mol. The Morgan fingerprint density at radius 1 is 0.939 bits per heavy atom. The molecule has 0 spiro atoms. The number of benzene rings is 3. The van der Waals surface area contributed by atoms with Crippen LogP contribution >= 0.6 is 11.8 Å². The first-order valence-corrected chi connectivity index (χ1v) is 18.5. The van der Waals surface area contributed by atoms with E-state index in [0.717, 1.165) is 59.1 Å². The van der Waals surface area contributed by atoms with Crippen molar-refractivity contribution in [2.45, 2.75) is 76.3 Å². The fourth-order valence-corrected chi connectivity index (χ4v) is 7.47. The average molecular weight is 690 g/mol. The van der Waals surface area contributed by atoms with E-state index in [1.807, 2.05) is 90.6 Å². The zero-order valence-corrected chi connectivity index (χ0v) is 29.7. The summed E-state index contributed by atoms with van der Waals surface area (Å²) in [6, 6.07) is 23.9. The lowest BCUT2D eigenvalue weighted by Gasteiger charge is -2.30. The van der Waals surface area contributed by atoms with Gasteiger partial charge in [-0.2, -0.15) is 11.8 Å². The number of fused-ring (bicyclic) bond motifs is 1. The fraction of sp³-hybridized carbons (Fsp3) is 0.487. The molecule has 3 aromatic carbocycles. The van der Waals surface area contributed by atoms with Gasteiger partial charge in [-0.15, -0.1) is 0 Å². The number of carbonyl (C=O) groups is 2. The quantitative estimate of drug-likeness (QED) is 0.188. The Bertz CT molecular complexity index is 1490. The summed E-state index contributed by atoms with van der Waals surface area (Å²) in [6.45, 7) is 9.04. The van der Waals surface area contributed by atoms with Gasteiger partial charge in [0.15, 0.2) is 0 Å². The molecule has 9 nitrogen and oxygen atoms in total. The van der Waals surface area contributed by atoms with Crippen molar-refractivity contribution < 1.29 is 29.3 Å². The second-order valence-corrected chi connectivity index (χ2v) is 15.3. The smallest absolute Gasteiger partial charge is 0.407 e. The summed E-state index contributed by atoms with van der Waals surface area (Å²) in [5.41, 5.74) is 3.05. The van der Waals surface area contributed by atoms with E-state index in [9.17, 15) is 19.8 Å². The predicted octanol–water partition coefficient (Wildman–Crippen LogP) is 4.93. The Morgan fingerprint density at radius 3 is 2.33 bits per heavy atom. The third-order valence-electron chi connectivity index (χ3n) is 9.05. The Hall–Kier alpha value is -3.57. The third-order valence-corrected chi connectivity index (χ3v) is 9.99. The van der Waals surface area contributed by atoms with E-state index in [1.165, 1.54) is 0 Å². The minimum atomic E-state index is -1.07. The molecule has 0 bridgehead atoms. The van der Waals surface area contributed by atoms with Crippen molar-refractivity contribution in [1.82, 2.24) is 15.5 Å². The normalized spacial score (nSPS) is 19.7. The topological polar surface area (TPSA) is 120 Å².